The van der Waals surface area contributed by atoms with Crippen molar-refractivity contribution in [2.75, 3.05) is 5.32 Å². The Labute approximate surface area is 126 Å². The average Bonchev–Trinajstić information content (AvgIpc) is 2.38. The monoisotopic (exact) mass is 306 g/mol. The highest BCUT2D eigenvalue weighted by Crippen LogP contribution is 2.15. The van der Waals surface area contributed by atoms with Crippen molar-refractivity contribution >= 4 is 40.5 Å². The molecule has 0 aromatic heterocycles. The van der Waals surface area contributed by atoms with E-state index in [1.165, 1.54) is 6.07 Å². The predicted molar refractivity (Wildman–Crippen MR) is 83.2 cm³/mol. The minimum absolute atomic E-state index is 0.110. The van der Waals surface area contributed by atoms with Crippen LogP contribution in [-0.4, -0.2) is 16.1 Å². The number of hydrogen-bond acceptors (Lipinski definition) is 3. The number of carbonyl (C=O) groups is 1. The van der Waals surface area contributed by atoms with Crippen molar-refractivity contribution in [1.29, 1.82) is 0 Å². The van der Waals surface area contributed by atoms with Crippen molar-refractivity contribution in [3.63, 3.8) is 0 Å². The summed E-state index contributed by atoms with van der Waals surface area (Å²) in [5.41, 5.74) is 0.999. The minimum Gasteiger partial charge on any atom is -0.508 e. The number of phenolic OH excluding ortho intramolecular Hbond substituents is 1. The number of hydrogen-bond donors (Lipinski definition) is 3. The summed E-state index contributed by atoms with van der Waals surface area (Å²) in [4.78, 5) is 11.9. The standard InChI is InChI=1S/C14H11ClN2O2S/c15-10-4-1-3-9(7-10)13(19)17-14(20)16-11-5-2-6-12(18)8-11/h1-8,18H,(H2,16,17,19,20). The second-order valence-corrected chi connectivity index (χ2v) is 4.81. The van der Waals surface area contributed by atoms with Gasteiger partial charge in [0.05, 0.1) is 0 Å². The number of anilines is 1. The lowest BCUT2D eigenvalue weighted by Gasteiger charge is -2.09. The predicted octanol–water partition coefficient (Wildman–Crippen LogP) is 3.17. The largest absolute Gasteiger partial charge is 0.508 e. The van der Waals surface area contributed by atoms with Crippen LogP contribution in [0.15, 0.2) is 48.5 Å². The van der Waals surface area contributed by atoms with Crippen molar-refractivity contribution in [2.24, 2.45) is 0 Å². The van der Waals surface area contributed by atoms with E-state index in [4.69, 9.17) is 23.8 Å². The summed E-state index contributed by atoms with van der Waals surface area (Å²) >= 11 is 10.8. The molecule has 0 heterocycles. The van der Waals surface area contributed by atoms with Gasteiger partial charge >= 0.3 is 0 Å². The molecule has 0 saturated carbocycles. The Hall–Kier alpha value is -2.11. The number of benzene rings is 2. The molecule has 0 atom stereocenters. The molecule has 4 nitrogen and oxygen atoms in total. The molecule has 0 saturated heterocycles. The van der Waals surface area contributed by atoms with Gasteiger partial charge in [0.1, 0.15) is 5.75 Å². The fourth-order valence-corrected chi connectivity index (χ4v) is 1.95. The maximum absolute atomic E-state index is 11.9. The molecule has 20 heavy (non-hydrogen) atoms. The van der Waals surface area contributed by atoms with Gasteiger partial charge in [0.15, 0.2) is 5.11 Å². The molecule has 2 aromatic rings. The summed E-state index contributed by atoms with van der Waals surface area (Å²) in [6, 6.07) is 13.0. The first-order valence-corrected chi connectivity index (χ1v) is 6.50. The smallest absolute Gasteiger partial charge is 0.257 e. The van der Waals surface area contributed by atoms with Gasteiger partial charge in [-0.3, -0.25) is 10.1 Å². The van der Waals surface area contributed by atoms with Gasteiger partial charge in [-0.25, -0.2) is 0 Å². The molecule has 0 spiro atoms. The van der Waals surface area contributed by atoms with E-state index in [-0.39, 0.29) is 16.8 Å². The molecule has 0 bridgehead atoms. The first kappa shape index (κ1) is 14.3. The number of rotatable bonds is 2. The molecular weight excluding hydrogens is 296 g/mol. The summed E-state index contributed by atoms with van der Waals surface area (Å²) < 4.78 is 0. The van der Waals surface area contributed by atoms with Crippen molar-refractivity contribution < 1.29 is 9.90 Å². The van der Waals surface area contributed by atoms with E-state index in [0.717, 1.165) is 0 Å². The van der Waals surface area contributed by atoms with Gasteiger partial charge in [0, 0.05) is 22.3 Å². The molecule has 3 N–H and O–H groups in total. The summed E-state index contributed by atoms with van der Waals surface area (Å²) in [7, 11) is 0. The highest BCUT2D eigenvalue weighted by molar-refractivity contribution is 7.80. The van der Waals surface area contributed by atoms with Crippen LogP contribution in [0, 0.1) is 0 Å². The number of aromatic hydroxyl groups is 1. The van der Waals surface area contributed by atoms with Crippen LogP contribution in [0.4, 0.5) is 5.69 Å². The Morgan fingerprint density at radius 2 is 1.90 bits per heavy atom. The van der Waals surface area contributed by atoms with Crippen molar-refractivity contribution in [2.45, 2.75) is 0 Å². The highest BCUT2D eigenvalue weighted by Gasteiger charge is 2.08. The van der Waals surface area contributed by atoms with Crippen LogP contribution in [0.5, 0.6) is 5.75 Å². The van der Waals surface area contributed by atoms with Crippen LogP contribution in [-0.2, 0) is 0 Å². The van der Waals surface area contributed by atoms with E-state index in [1.54, 1.807) is 42.5 Å². The van der Waals surface area contributed by atoms with Gasteiger partial charge in [-0.15, -0.1) is 0 Å². The fraction of sp³-hybridized carbons (Fsp3) is 0. The Balaban J connectivity index is 1.99. The van der Waals surface area contributed by atoms with Crippen LogP contribution >= 0.6 is 23.8 Å². The Bertz CT molecular complexity index is 661. The van der Waals surface area contributed by atoms with Crippen LogP contribution in [0.1, 0.15) is 10.4 Å². The number of halogens is 1. The van der Waals surface area contributed by atoms with Crippen molar-refractivity contribution in [1.82, 2.24) is 5.32 Å². The second-order valence-electron chi connectivity index (χ2n) is 3.97. The number of thiocarbonyl (C=S) groups is 1. The lowest BCUT2D eigenvalue weighted by Crippen LogP contribution is -2.34. The second kappa shape index (κ2) is 6.36. The zero-order valence-corrected chi connectivity index (χ0v) is 11.8. The van der Waals surface area contributed by atoms with Crippen molar-refractivity contribution in [3.05, 3.63) is 59.1 Å². The van der Waals surface area contributed by atoms with Crippen LogP contribution in [0.3, 0.4) is 0 Å². The van der Waals surface area contributed by atoms with Crippen LogP contribution in [0.2, 0.25) is 5.02 Å². The quantitative estimate of drug-likeness (QED) is 0.746. The van der Waals surface area contributed by atoms with Crippen LogP contribution < -0.4 is 10.6 Å². The molecule has 102 valence electrons. The summed E-state index contributed by atoms with van der Waals surface area (Å²) in [5.74, 6) is -0.246. The Morgan fingerprint density at radius 1 is 1.15 bits per heavy atom. The topological polar surface area (TPSA) is 61.4 Å². The summed E-state index contributed by atoms with van der Waals surface area (Å²) in [6.45, 7) is 0. The molecule has 0 aliphatic rings. The van der Waals surface area contributed by atoms with Gasteiger partial charge in [-0.2, -0.15) is 0 Å². The third-order valence-corrected chi connectivity index (χ3v) is 2.86. The van der Waals surface area contributed by atoms with Gasteiger partial charge < -0.3 is 10.4 Å². The first-order valence-electron chi connectivity index (χ1n) is 5.71. The van der Waals surface area contributed by atoms with E-state index < -0.39 is 0 Å². The highest BCUT2D eigenvalue weighted by atomic mass is 35.5. The molecule has 0 fully saturated rings. The fourth-order valence-electron chi connectivity index (χ4n) is 1.55. The molecule has 0 aliphatic carbocycles. The summed E-state index contributed by atoms with van der Waals surface area (Å²) in [6.07, 6.45) is 0. The zero-order chi connectivity index (χ0) is 14.5. The number of phenols is 1. The third kappa shape index (κ3) is 3.94. The zero-order valence-electron chi connectivity index (χ0n) is 10.3. The van der Waals surface area contributed by atoms with Gasteiger partial charge in [0.25, 0.3) is 5.91 Å². The van der Waals surface area contributed by atoms with E-state index in [0.29, 0.717) is 16.3 Å². The summed E-state index contributed by atoms with van der Waals surface area (Å²) in [5, 5.41) is 15.3. The average molecular weight is 307 g/mol. The van der Waals surface area contributed by atoms with E-state index in [9.17, 15) is 9.90 Å². The minimum atomic E-state index is -0.356. The molecule has 0 aliphatic heterocycles. The van der Waals surface area contributed by atoms with E-state index >= 15 is 0 Å². The molecule has 6 heteroatoms. The van der Waals surface area contributed by atoms with E-state index in [1.807, 2.05) is 0 Å². The molecule has 0 radical (unpaired) electrons. The maximum atomic E-state index is 11.9. The number of nitrogens with one attached hydrogen (secondary N) is 2. The van der Waals surface area contributed by atoms with Crippen molar-refractivity contribution in [3.8, 4) is 5.75 Å². The van der Waals surface area contributed by atoms with Gasteiger partial charge in [-0.05, 0) is 42.5 Å². The number of amides is 1. The lowest BCUT2D eigenvalue weighted by molar-refractivity contribution is 0.0977. The Morgan fingerprint density at radius 3 is 2.60 bits per heavy atom. The normalized spacial score (nSPS) is 9.85. The third-order valence-electron chi connectivity index (χ3n) is 2.42. The number of carbonyl (C=O) groups excluding carboxylic acids is 1. The van der Waals surface area contributed by atoms with Gasteiger partial charge in [-0.1, -0.05) is 23.7 Å². The first-order chi connectivity index (χ1) is 9.54. The SMILES string of the molecule is O=C(NC(=S)Nc1cccc(O)c1)c1cccc(Cl)c1. The Kier molecular flexibility index (Phi) is 4.55. The lowest BCUT2D eigenvalue weighted by atomic mass is 10.2. The maximum Gasteiger partial charge on any atom is 0.257 e. The van der Waals surface area contributed by atoms with Gasteiger partial charge in [0.2, 0.25) is 0 Å². The molecule has 2 aromatic carbocycles. The molecule has 2 rings (SSSR count). The van der Waals surface area contributed by atoms with E-state index in [2.05, 4.69) is 10.6 Å². The molecule has 1 amide bonds. The molecular formula is C14H11ClN2O2S. The molecule has 0 unspecified atom stereocenters. The van der Waals surface area contributed by atoms with Crippen LogP contribution in [0.25, 0.3) is 0 Å².